The number of benzene rings is 2. The Kier molecular flexibility index (Phi) is 4.50. The summed E-state index contributed by atoms with van der Waals surface area (Å²) in [5, 5.41) is 24.9. The molecular weight excluding hydrogens is 362 g/mol. The fraction of sp³-hybridized carbons (Fsp3) is 0.0625. The number of carbonyl (C=O) groups is 1. The van der Waals surface area contributed by atoms with Crippen LogP contribution < -0.4 is 10.1 Å². The molecule has 0 atom stereocenters. The van der Waals surface area contributed by atoms with Gasteiger partial charge in [-0.1, -0.05) is 0 Å². The van der Waals surface area contributed by atoms with Crippen molar-refractivity contribution in [1.29, 1.82) is 0 Å². The molecule has 0 bridgehead atoms. The Hall–Kier alpha value is -3.53. The first-order valence-electron chi connectivity index (χ1n) is 7.21. The van der Waals surface area contributed by atoms with Crippen molar-refractivity contribution in [3.05, 3.63) is 67.6 Å². The van der Waals surface area contributed by atoms with Gasteiger partial charge >= 0.3 is 0 Å². The molecule has 3 aromatic rings. The van der Waals surface area contributed by atoms with Gasteiger partial charge in [0.1, 0.15) is 5.75 Å². The lowest BCUT2D eigenvalue weighted by atomic mass is 10.2. The summed E-state index contributed by atoms with van der Waals surface area (Å²) in [5.74, 6) is -0.214. The van der Waals surface area contributed by atoms with Gasteiger partial charge in [-0.25, -0.2) is 0 Å². The van der Waals surface area contributed by atoms with E-state index in [1.807, 2.05) is 0 Å². The zero-order chi connectivity index (χ0) is 18.8. The number of nitrogens with one attached hydrogen (secondary N) is 1. The Balaban J connectivity index is 1.93. The smallest absolute Gasteiger partial charge is 0.271 e. The number of methoxy groups -OCH3 is 1. The number of rotatable bonds is 5. The van der Waals surface area contributed by atoms with Crippen molar-refractivity contribution in [3.63, 3.8) is 0 Å². The highest BCUT2D eigenvalue weighted by Crippen LogP contribution is 2.32. The third-order valence-corrected chi connectivity index (χ3v) is 4.69. The van der Waals surface area contributed by atoms with Crippen LogP contribution in [0.1, 0.15) is 9.67 Å². The normalized spacial score (nSPS) is 10.5. The predicted octanol–water partition coefficient (Wildman–Crippen LogP) is 3.98. The molecule has 1 amide bonds. The number of thiophene rings is 1. The molecule has 0 unspecified atom stereocenters. The van der Waals surface area contributed by atoms with E-state index >= 15 is 0 Å². The van der Waals surface area contributed by atoms with Gasteiger partial charge in [0.25, 0.3) is 17.3 Å². The molecule has 0 fully saturated rings. The van der Waals surface area contributed by atoms with Crippen LogP contribution in [0.25, 0.3) is 10.1 Å². The minimum atomic E-state index is -0.576. The van der Waals surface area contributed by atoms with Crippen LogP contribution in [-0.2, 0) is 0 Å². The molecular formula is C16H11N3O6S. The third kappa shape index (κ3) is 3.30. The fourth-order valence-corrected chi connectivity index (χ4v) is 3.29. The zero-order valence-corrected chi connectivity index (χ0v) is 14.1. The molecule has 0 aliphatic heterocycles. The number of fused-ring (bicyclic) bond motifs is 1. The maximum absolute atomic E-state index is 12.5. The molecule has 26 heavy (non-hydrogen) atoms. The van der Waals surface area contributed by atoms with Gasteiger partial charge in [-0.15, -0.1) is 11.3 Å². The lowest BCUT2D eigenvalue weighted by molar-refractivity contribution is -0.384. The van der Waals surface area contributed by atoms with Crippen LogP contribution in [0.3, 0.4) is 0 Å². The molecule has 0 saturated carbocycles. The van der Waals surface area contributed by atoms with E-state index < -0.39 is 15.8 Å². The van der Waals surface area contributed by atoms with E-state index in [0.717, 1.165) is 11.3 Å². The van der Waals surface area contributed by atoms with E-state index in [0.29, 0.717) is 15.0 Å². The summed E-state index contributed by atoms with van der Waals surface area (Å²) in [6, 6.07) is 9.72. The molecule has 9 nitrogen and oxygen atoms in total. The predicted molar refractivity (Wildman–Crippen MR) is 96.1 cm³/mol. The molecule has 0 aliphatic rings. The Morgan fingerprint density at radius 2 is 1.69 bits per heavy atom. The Bertz CT molecular complexity index is 1050. The SMILES string of the molecule is COc1ccc([N+](=O)[O-])cc1NC(=O)c1cc2cc([N+](=O)[O-])ccc2s1. The fourth-order valence-electron chi connectivity index (χ4n) is 2.35. The van der Waals surface area contributed by atoms with Crippen LogP contribution >= 0.6 is 11.3 Å². The first-order valence-corrected chi connectivity index (χ1v) is 8.02. The number of nitro groups is 2. The van der Waals surface area contributed by atoms with Gasteiger partial charge in [0, 0.05) is 34.4 Å². The number of hydrogen-bond donors (Lipinski definition) is 1. The summed E-state index contributed by atoms with van der Waals surface area (Å²) in [6.45, 7) is 0. The number of hydrogen-bond acceptors (Lipinski definition) is 7. The molecule has 1 heterocycles. The van der Waals surface area contributed by atoms with Gasteiger partial charge in [-0.05, 0) is 18.2 Å². The summed E-state index contributed by atoms with van der Waals surface area (Å²) in [4.78, 5) is 33.5. The first kappa shape index (κ1) is 17.3. The van der Waals surface area contributed by atoms with Crippen molar-refractivity contribution in [1.82, 2.24) is 0 Å². The average Bonchev–Trinajstić information content (AvgIpc) is 3.04. The second-order valence-electron chi connectivity index (χ2n) is 5.19. The average molecular weight is 373 g/mol. The monoisotopic (exact) mass is 373 g/mol. The standard InChI is InChI=1S/C16H11N3O6S/c1-25-13-4-2-11(19(23)24)8-12(13)17-16(20)15-7-9-6-10(18(21)22)3-5-14(9)26-15/h2-8H,1H3,(H,17,20). The quantitative estimate of drug-likeness (QED) is 0.533. The van der Waals surface area contributed by atoms with E-state index in [4.69, 9.17) is 4.74 Å². The highest BCUT2D eigenvalue weighted by Gasteiger charge is 2.17. The first-order chi connectivity index (χ1) is 12.4. The van der Waals surface area contributed by atoms with Crippen LogP contribution in [0.5, 0.6) is 5.75 Å². The molecule has 0 spiro atoms. The zero-order valence-electron chi connectivity index (χ0n) is 13.3. The van der Waals surface area contributed by atoms with Crippen LogP contribution in [0.15, 0.2) is 42.5 Å². The van der Waals surface area contributed by atoms with E-state index in [1.165, 1.54) is 43.5 Å². The Morgan fingerprint density at radius 1 is 1.04 bits per heavy atom. The van der Waals surface area contributed by atoms with Gasteiger partial charge in [0.15, 0.2) is 0 Å². The van der Waals surface area contributed by atoms with Crippen molar-refractivity contribution in [2.24, 2.45) is 0 Å². The molecule has 0 radical (unpaired) electrons. The van der Waals surface area contributed by atoms with Crippen molar-refractivity contribution in [2.75, 3.05) is 12.4 Å². The van der Waals surface area contributed by atoms with Crippen molar-refractivity contribution in [3.8, 4) is 5.75 Å². The number of nitrogens with zero attached hydrogens (tertiary/aromatic N) is 2. The summed E-state index contributed by atoms with van der Waals surface area (Å²) in [6.07, 6.45) is 0. The molecule has 1 aromatic heterocycles. The minimum Gasteiger partial charge on any atom is -0.495 e. The summed E-state index contributed by atoms with van der Waals surface area (Å²) in [5.41, 5.74) is -0.0918. The van der Waals surface area contributed by atoms with E-state index in [9.17, 15) is 25.0 Å². The highest BCUT2D eigenvalue weighted by atomic mass is 32.1. The number of non-ortho nitro benzene ring substituents is 2. The number of amides is 1. The van der Waals surface area contributed by atoms with E-state index in [2.05, 4.69) is 5.32 Å². The van der Waals surface area contributed by atoms with Gasteiger partial charge in [0.2, 0.25) is 0 Å². The van der Waals surface area contributed by atoms with Crippen LogP contribution in [0.2, 0.25) is 0 Å². The van der Waals surface area contributed by atoms with E-state index in [1.54, 1.807) is 6.07 Å². The van der Waals surface area contributed by atoms with Crippen LogP contribution in [0.4, 0.5) is 17.1 Å². The number of anilines is 1. The molecule has 2 aromatic carbocycles. The highest BCUT2D eigenvalue weighted by molar-refractivity contribution is 7.20. The number of nitro benzene ring substituents is 2. The van der Waals surface area contributed by atoms with Gasteiger partial charge in [-0.2, -0.15) is 0 Å². The van der Waals surface area contributed by atoms with Crippen molar-refractivity contribution < 1.29 is 19.4 Å². The summed E-state index contributed by atoms with van der Waals surface area (Å²) >= 11 is 1.16. The summed E-state index contributed by atoms with van der Waals surface area (Å²) in [7, 11) is 1.38. The molecule has 132 valence electrons. The summed E-state index contributed by atoms with van der Waals surface area (Å²) < 4.78 is 5.82. The number of carbonyl (C=O) groups excluding carboxylic acids is 1. The number of ether oxygens (including phenoxy) is 1. The molecule has 1 N–H and O–H groups in total. The molecule has 3 rings (SSSR count). The molecule has 0 aliphatic carbocycles. The second kappa shape index (κ2) is 6.76. The molecule has 0 saturated heterocycles. The maximum atomic E-state index is 12.5. The van der Waals surface area contributed by atoms with Gasteiger partial charge < -0.3 is 10.1 Å². The van der Waals surface area contributed by atoms with Crippen molar-refractivity contribution in [2.45, 2.75) is 0 Å². The second-order valence-corrected chi connectivity index (χ2v) is 6.27. The maximum Gasteiger partial charge on any atom is 0.271 e. The Labute approximate surface area is 150 Å². The largest absolute Gasteiger partial charge is 0.495 e. The third-order valence-electron chi connectivity index (χ3n) is 3.58. The lowest BCUT2D eigenvalue weighted by Gasteiger charge is -2.09. The topological polar surface area (TPSA) is 125 Å². The van der Waals surface area contributed by atoms with E-state index in [-0.39, 0.29) is 22.8 Å². The van der Waals surface area contributed by atoms with Crippen LogP contribution in [-0.4, -0.2) is 22.9 Å². The van der Waals surface area contributed by atoms with Crippen LogP contribution in [0, 0.1) is 20.2 Å². The van der Waals surface area contributed by atoms with Gasteiger partial charge in [-0.3, -0.25) is 25.0 Å². The molecule has 10 heteroatoms. The van der Waals surface area contributed by atoms with Gasteiger partial charge in [0.05, 0.1) is 27.5 Å². The minimum absolute atomic E-state index is 0.0670. The lowest BCUT2D eigenvalue weighted by Crippen LogP contribution is -2.11. The Morgan fingerprint density at radius 3 is 2.35 bits per heavy atom. The van der Waals surface area contributed by atoms with Crippen molar-refractivity contribution >= 4 is 44.4 Å².